The lowest BCUT2D eigenvalue weighted by Gasteiger charge is -2.34. The molecule has 3 rings (SSSR count). The number of benzene rings is 1. The van der Waals surface area contributed by atoms with Gasteiger partial charge in [0.2, 0.25) is 0 Å². The van der Waals surface area contributed by atoms with Crippen LogP contribution in [0.15, 0.2) is 30.4 Å². The Labute approximate surface area is 142 Å². The fraction of sp³-hybridized carbons (Fsp3) is 0.556. The lowest BCUT2D eigenvalue weighted by molar-refractivity contribution is -0.0959. The summed E-state index contributed by atoms with van der Waals surface area (Å²) in [6, 6.07) is 5.49. The highest BCUT2D eigenvalue weighted by atomic mass is 35.5. The van der Waals surface area contributed by atoms with Crippen LogP contribution in [0.25, 0.3) is 0 Å². The highest BCUT2D eigenvalue weighted by Crippen LogP contribution is 2.57. The number of rotatable bonds is 4. The van der Waals surface area contributed by atoms with Gasteiger partial charge in [0.05, 0.1) is 17.8 Å². The van der Waals surface area contributed by atoms with Crippen LogP contribution in [-0.2, 0) is 16.1 Å². The van der Waals surface area contributed by atoms with Crippen LogP contribution in [0.5, 0.6) is 0 Å². The van der Waals surface area contributed by atoms with E-state index in [0.29, 0.717) is 22.6 Å². The standard InChI is InChI=1S/C18H22Cl2O2/c1-11(2)18-9-8-17(4,22-18)16(12(18)3)21-10-13-14(19)6-5-7-15(13)20/h5-7,11,16H,3,8-10H2,1-2,4H3/t16-,17+,18+/m1/s1. The van der Waals surface area contributed by atoms with E-state index in [-0.39, 0.29) is 17.3 Å². The van der Waals surface area contributed by atoms with Gasteiger partial charge in [-0.15, -0.1) is 0 Å². The van der Waals surface area contributed by atoms with Crippen molar-refractivity contribution in [2.24, 2.45) is 5.92 Å². The molecule has 0 spiro atoms. The van der Waals surface area contributed by atoms with E-state index in [4.69, 9.17) is 32.7 Å². The second kappa shape index (κ2) is 5.52. The van der Waals surface area contributed by atoms with E-state index < -0.39 is 0 Å². The van der Waals surface area contributed by atoms with Crippen LogP contribution in [0.2, 0.25) is 10.0 Å². The summed E-state index contributed by atoms with van der Waals surface area (Å²) in [5.74, 6) is 0.388. The summed E-state index contributed by atoms with van der Waals surface area (Å²) in [6.07, 6.45) is 1.90. The van der Waals surface area contributed by atoms with Gasteiger partial charge < -0.3 is 9.47 Å². The van der Waals surface area contributed by atoms with E-state index in [1.54, 1.807) is 0 Å². The maximum Gasteiger partial charge on any atom is 0.110 e. The minimum atomic E-state index is -0.297. The fourth-order valence-corrected chi connectivity index (χ4v) is 4.35. The average molecular weight is 341 g/mol. The third kappa shape index (κ3) is 2.32. The molecule has 2 heterocycles. The minimum Gasteiger partial charge on any atom is -0.366 e. The topological polar surface area (TPSA) is 18.5 Å². The van der Waals surface area contributed by atoms with E-state index in [2.05, 4.69) is 27.4 Å². The molecule has 2 aliphatic rings. The molecule has 2 saturated heterocycles. The van der Waals surface area contributed by atoms with Crippen molar-refractivity contribution in [2.75, 3.05) is 0 Å². The Bertz CT molecular complexity index is 593. The molecule has 0 aromatic heterocycles. The van der Waals surface area contributed by atoms with Crippen molar-refractivity contribution in [3.63, 3.8) is 0 Å². The molecule has 3 atom stereocenters. The molecule has 0 radical (unpaired) electrons. The molecule has 120 valence electrons. The smallest absolute Gasteiger partial charge is 0.110 e. The molecule has 0 unspecified atom stereocenters. The molecule has 2 nitrogen and oxygen atoms in total. The monoisotopic (exact) mass is 340 g/mol. The normalized spacial score (nSPS) is 33.9. The third-order valence-electron chi connectivity index (χ3n) is 5.21. The van der Waals surface area contributed by atoms with Gasteiger partial charge in [-0.25, -0.2) is 0 Å². The summed E-state index contributed by atoms with van der Waals surface area (Å²) >= 11 is 12.4. The Balaban J connectivity index is 1.81. The quantitative estimate of drug-likeness (QED) is 0.682. The van der Waals surface area contributed by atoms with Gasteiger partial charge in [0, 0.05) is 15.6 Å². The number of hydrogen-bond donors (Lipinski definition) is 0. The Morgan fingerprint density at radius 2 is 1.95 bits per heavy atom. The van der Waals surface area contributed by atoms with Crippen molar-refractivity contribution >= 4 is 23.2 Å². The maximum absolute atomic E-state index is 6.39. The number of hydrogen-bond acceptors (Lipinski definition) is 2. The molecule has 1 aromatic carbocycles. The largest absolute Gasteiger partial charge is 0.366 e. The molecule has 4 heteroatoms. The van der Waals surface area contributed by atoms with Crippen LogP contribution in [0, 0.1) is 5.92 Å². The van der Waals surface area contributed by atoms with Gasteiger partial charge in [0.25, 0.3) is 0 Å². The summed E-state index contributed by atoms with van der Waals surface area (Å²) in [7, 11) is 0. The summed E-state index contributed by atoms with van der Waals surface area (Å²) in [6.45, 7) is 11.2. The number of ether oxygens (including phenoxy) is 2. The fourth-order valence-electron chi connectivity index (χ4n) is 3.84. The first kappa shape index (κ1) is 16.3. The summed E-state index contributed by atoms with van der Waals surface area (Å²) in [4.78, 5) is 0. The molecule has 2 aliphatic heterocycles. The highest BCUT2D eigenvalue weighted by molar-refractivity contribution is 6.35. The predicted molar refractivity (Wildman–Crippen MR) is 90.5 cm³/mol. The van der Waals surface area contributed by atoms with E-state index >= 15 is 0 Å². The third-order valence-corrected chi connectivity index (χ3v) is 5.92. The van der Waals surface area contributed by atoms with Gasteiger partial charge in [0.1, 0.15) is 6.10 Å². The number of halogens is 2. The Morgan fingerprint density at radius 3 is 2.50 bits per heavy atom. The van der Waals surface area contributed by atoms with Gasteiger partial charge in [-0.2, -0.15) is 0 Å². The second-order valence-corrected chi connectivity index (χ2v) is 7.69. The summed E-state index contributed by atoms with van der Waals surface area (Å²) < 4.78 is 12.6. The predicted octanol–water partition coefficient (Wildman–Crippen LogP) is 5.41. The van der Waals surface area contributed by atoms with Gasteiger partial charge in [0.15, 0.2) is 0 Å². The second-order valence-electron chi connectivity index (χ2n) is 6.88. The first-order valence-electron chi connectivity index (χ1n) is 7.74. The van der Waals surface area contributed by atoms with Crippen molar-refractivity contribution in [2.45, 2.75) is 57.5 Å². The lowest BCUT2D eigenvalue weighted by atomic mass is 9.72. The van der Waals surface area contributed by atoms with E-state index in [0.717, 1.165) is 24.0 Å². The van der Waals surface area contributed by atoms with E-state index in [1.165, 1.54) is 0 Å². The maximum atomic E-state index is 6.39. The van der Waals surface area contributed by atoms with E-state index in [9.17, 15) is 0 Å². The molecular formula is C18H22Cl2O2. The molecule has 0 N–H and O–H groups in total. The Kier molecular flexibility index (Phi) is 4.10. The number of fused-ring (bicyclic) bond motifs is 2. The van der Waals surface area contributed by atoms with E-state index in [1.807, 2.05) is 18.2 Å². The van der Waals surface area contributed by atoms with Crippen LogP contribution in [0.3, 0.4) is 0 Å². The molecule has 2 fully saturated rings. The van der Waals surface area contributed by atoms with Gasteiger partial charge in [-0.05, 0) is 43.4 Å². The van der Waals surface area contributed by atoms with Crippen LogP contribution in [0.4, 0.5) is 0 Å². The molecule has 1 aromatic rings. The van der Waals surface area contributed by atoms with Gasteiger partial charge in [-0.3, -0.25) is 0 Å². The molecule has 22 heavy (non-hydrogen) atoms. The van der Waals surface area contributed by atoms with Crippen molar-refractivity contribution in [1.29, 1.82) is 0 Å². The zero-order valence-corrected chi connectivity index (χ0v) is 14.8. The molecule has 0 amide bonds. The SMILES string of the molecule is C=C1[C@@H](OCc2c(Cl)cccc2Cl)[C@]2(C)CC[C@@]1(C(C)C)O2. The van der Waals surface area contributed by atoms with Crippen LogP contribution in [-0.4, -0.2) is 17.3 Å². The average Bonchev–Trinajstić information content (AvgIpc) is 2.90. The minimum absolute atomic E-state index is 0.115. The van der Waals surface area contributed by atoms with Crippen LogP contribution < -0.4 is 0 Å². The summed E-state index contributed by atoms with van der Waals surface area (Å²) in [5.41, 5.74) is 1.33. The first-order chi connectivity index (χ1) is 10.3. The van der Waals surface area contributed by atoms with Crippen molar-refractivity contribution in [3.05, 3.63) is 46.0 Å². The van der Waals surface area contributed by atoms with Crippen molar-refractivity contribution in [3.8, 4) is 0 Å². The van der Waals surface area contributed by atoms with Crippen LogP contribution >= 0.6 is 23.2 Å². The van der Waals surface area contributed by atoms with Crippen molar-refractivity contribution < 1.29 is 9.47 Å². The zero-order chi connectivity index (χ0) is 16.1. The van der Waals surface area contributed by atoms with Gasteiger partial charge in [-0.1, -0.05) is 49.7 Å². The summed E-state index contributed by atoms with van der Waals surface area (Å²) in [5, 5.41) is 1.26. The zero-order valence-electron chi connectivity index (χ0n) is 13.3. The molecule has 0 saturated carbocycles. The Morgan fingerprint density at radius 1 is 1.32 bits per heavy atom. The lowest BCUT2D eigenvalue weighted by Crippen LogP contribution is -2.40. The van der Waals surface area contributed by atoms with Gasteiger partial charge >= 0.3 is 0 Å². The van der Waals surface area contributed by atoms with Crippen LogP contribution in [0.1, 0.15) is 39.2 Å². The molecular weight excluding hydrogens is 319 g/mol. The first-order valence-corrected chi connectivity index (χ1v) is 8.50. The van der Waals surface area contributed by atoms with Crippen molar-refractivity contribution in [1.82, 2.24) is 0 Å². The molecule has 0 aliphatic carbocycles. The highest BCUT2D eigenvalue weighted by Gasteiger charge is 2.63. The molecule has 2 bridgehead atoms. The Hall–Kier alpha value is -0.540.